The number of unbranched alkanes of at least 4 members (excludes halogenated alkanes) is 18. The normalized spacial score (nSPS) is 12.8. The van der Waals surface area contributed by atoms with Crippen LogP contribution in [0.5, 0.6) is 0 Å². The van der Waals surface area contributed by atoms with E-state index in [2.05, 4.69) is 106 Å². The van der Waals surface area contributed by atoms with Gasteiger partial charge in [-0.15, -0.1) is 0 Å². The molecular weight excluding hydrogens is 745 g/mol. The van der Waals surface area contributed by atoms with Crippen LogP contribution in [0.1, 0.15) is 220 Å². The van der Waals surface area contributed by atoms with E-state index < -0.39 is 6.10 Å². The van der Waals surface area contributed by atoms with Crippen LogP contribution in [0.2, 0.25) is 0 Å². The van der Waals surface area contributed by atoms with E-state index >= 15 is 0 Å². The van der Waals surface area contributed by atoms with Gasteiger partial charge in [-0.05, 0) is 89.9 Å². The predicted octanol–water partition coefficient (Wildman–Crippen LogP) is 16.0. The fourth-order valence-electron chi connectivity index (χ4n) is 6.50. The van der Waals surface area contributed by atoms with Crippen molar-refractivity contribution >= 4 is 17.9 Å². The fraction of sp³-hybridized carbons (Fsp3) is 0.685. The molecule has 6 heteroatoms. The molecule has 0 radical (unpaired) electrons. The Balaban J connectivity index is 4.47. The van der Waals surface area contributed by atoms with Gasteiger partial charge >= 0.3 is 17.9 Å². The Kier molecular flexibility index (Phi) is 45.5. The number of allylic oxidation sites excluding steroid dienone is 14. The van der Waals surface area contributed by atoms with Crippen molar-refractivity contribution in [2.75, 3.05) is 13.2 Å². The van der Waals surface area contributed by atoms with Crippen LogP contribution in [0.3, 0.4) is 0 Å². The van der Waals surface area contributed by atoms with Gasteiger partial charge in [-0.3, -0.25) is 14.4 Å². The van der Waals surface area contributed by atoms with Crippen LogP contribution >= 0.6 is 0 Å². The van der Waals surface area contributed by atoms with Gasteiger partial charge in [0.15, 0.2) is 6.10 Å². The lowest BCUT2D eigenvalue weighted by atomic mass is 10.0. The van der Waals surface area contributed by atoms with Crippen molar-refractivity contribution in [1.82, 2.24) is 0 Å². The maximum atomic E-state index is 12.8. The monoisotopic (exact) mass is 835 g/mol. The summed E-state index contributed by atoms with van der Waals surface area (Å²) in [5.74, 6) is -0.958. The van der Waals surface area contributed by atoms with E-state index in [1.165, 1.54) is 57.8 Å². The maximum Gasteiger partial charge on any atom is 0.306 e. The second kappa shape index (κ2) is 48.3. The van der Waals surface area contributed by atoms with Gasteiger partial charge in [0.25, 0.3) is 0 Å². The zero-order valence-electron chi connectivity index (χ0n) is 38.9. The first-order chi connectivity index (χ1) is 29.5. The Labute approximate surface area is 369 Å². The molecule has 60 heavy (non-hydrogen) atoms. The lowest BCUT2D eigenvalue weighted by Crippen LogP contribution is -2.30. The molecule has 0 bridgehead atoms. The van der Waals surface area contributed by atoms with Gasteiger partial charge in [-0.1, -0.05) is 196 Å². The van der Waals surface area contributed by atoms with Crippen LogP contribution in [0.15, 0.2) is 85.1 Å². The van der Waals surface area contributed by atoms with Gasteiger partial charge in [-0.2, -0.15) is 0 Å². The average Bonchev–Trinajstić information content (AvgIpc) is 3.24. The van der Waals surface area contributed by atoms with Gasteiger partial charge in [0.1, 0.15) is 13.2 Å². The van der Waals surface area contributed by atoms with Crippen molar-refractivity contribution in [3.63, 3.8) is 0 Å². The number of hydrogen-bond acceptors (Lipinski definition) is 6. The molecule has 0 aliphatic rings. The van der Waals surface area contributed by atoms with E-state index in [9.17, 15) is 14.4 Å². The highest BCUT2D eigenvalue weighted by Gasteiger charge is 2.19. The summed E-state index contributed by atoms with van der Waals surface area (Å²) in [7, 11) is 0. The minimum atomic E-state index is -0.798. The summed E-state index contributed by atoms with van der Waals surface area (Å²) in [4.78, 5) is 37.9. The Morgan fingerprint density at radius 2 is 0.650 bits per heavy atom. The van der Waals surface area contributed by atoms with Gasteiger partial charge in [0.05, 0.1) is 0 Å². The van der Waals surface area contributed by atoms with Crippen molar-refractivity contribution < 1.29 is 28.6 Å². The molecule has 0 saturated carbocycles. The first-order valence-corrected chi connectivity index (χ1v) is 24.6. The smallest absolute Gasteiger partial charge is 0.306 e. The molecular formula is C54H90O6. The summed E-state index contributed by atoms with van der Waals surface area (Å²) in [6, 6.07) is 0. The third-order valence-corrected chi connectivity index (χ3v) is 10.1. The summed E-state index contributed by atoms with van der Waals surface area (Å²) in [6.07, 6.45) is 61.4. The molecule has 0 amide bonds. The van der Waals surface area contributed by atoms with Crippen LogP contribution < -0.4 is 0 Å². The lowest BCUT2D eigenvalue weighted by molar-refractivity contribution is -0.167. The first kappa shape index (κ1) is 56.6. The standard InChI is InChI=1S/C54H90O6/c1-4-7-10-13-16-19-22-25-27-29-32-34-37-40-43-46-52(55)58-49-51(60-54(57)48-45-42-39-36-31-24-21-18-15-12-9-6-3)50-59-53(56)47-44-41-38-35-33-30-28-26-23-20-17-14-11-8-5-2/h7-8,10-11,16-17,19-20,25-28,32,34,51H,4-6,9,12-15,18,21-24,29-31,33,35-50H2,1-3H3/b10-7-,11-8-,19-16-,20-17-,27-25-,28-26-,34-32-/t51-/m1/s1. The molecule has 0 rings (SSSR count). The van der Waals surface area contributed by atoms with Gasteiger partial charge < -0.3 is 14.2 Å². The fourth-order valence-corrected chi connectivity index (χ4v) is 6.50. The van der Waals surface area contributed by atoms with Crippen molar-refractivity contribution in [2.45, 2.75) is 226 Å². The van der Waals surface area contributed by atoms with Crippen LogP contribution in [0.4, 0.5) is 0 Å². The molecule has 0 unspecified atom stereocenters. The van der Waals surface area contributed by atoms with E-state index in [0.717, 1.165) is 122 Å². The number of rotatable bonds is 43. The number of carbonyl (C=O) groups excluding carboxylic acids is 3. The molecule has 0 aromatic rings. The number of carbonyl (C=O) groups is 3. The molecule has 0 aliphatic heterocycles. The minimum Gasteiger partial charge on any atom is -0.462 e. The second-order valence-corrected chi connectivity index (χ2v) is 16.0. The second-order valence-electron chi connectivity index (χ2n) is 16.0. The molecule has 0 N–H and O–H groups in total. The van der Waals surface area contributed by atoms with Crippen LogP contribution in [0.25, 0.3) is 0 Å². The van der Waals surface area contributed by atoms with Crippen LogP contribution in [-0.2, 0) is 28.6 Å². The SMILES string of the molecule is CC/C=C\C/C=C\C/C=C\C/C=C\CCCCC(=O)OC[C@H](COC(=O)CCCCCCC/C=C\C/C=C\C/C=C\CC)OC(=O)CCCCCCCCCCCCCC. The minimum absolute atomic E-state index is 0.0981. The van der Waals surface area contributed by atoms with E-state index in [1.807, 2.05) is 0 Å². The van der Waals surface area contributed by atoms with Crippen molar-refractivity contribution in [3.8, 4) is 0 Å². The molecule has 0 aromatic carbocycles. The maximum absolute atomic E-state index is 12.8. The van der Waals surface area contributed by atoms with Crippen LogP contribution in [-0.4, -0.2) is 37.2 Å². The molecule has 0 aromatic heterocycles. The number of esters is 3. The summed E-state index contributed by atoms with van der Waals surface area (Å²) in [6.45, 7) is 6.35. The molecule has 0 heterocycles. The average molecular weight is 835 g/mol. The number of hydrogen-bond donors (Lipinski definition) is 0. The number of ether oxygens (including phenoxy) is 3. The molecule has 342 valence electrons. The van der Waals surface area contributed by atoms with Gasteiger partial charge in [0, 0.05) is 19.3 Å². The Bertz CT molecular complexity index is 1190. The molecule has 6 nitrogen and oxygen atoms in total. The topological polar surface area (TPSA) is 78.9 Å². The zero-order valence-corrected chi connectivity index (χ0v) is 38.9. The highest BCUT2D eigenvalue weighted by molar-refractivity contribution is 5.71. The van der Waals surface area contributed by atoms with Crippen LogP contribution in [0, 0.1) is 0 Å². The Morgan fingerprint density at radius 3 is 1.05 bits per heavy atom. The van der Waals surface area contributed by atoms with Gasteiger partial charge in [0.2, 0.25) is 0 Å². The van der Waals surface area contributed by atoms with Crippen molar-refractivity contribution in [3.05, 3.63) is 85.1 Å². The van der Waals surface area contributed by atoms with E-state index in [1.54, 1.807) is 0 Å². The predicted molar refractivity (Wildman–Crippen MR) is 256 cm³/mol. The van der Waals surface area contributed by atoms with E-state index in [4.69, 9.17) is 14.2 Å². The molecule has 0 spiro atoms. The van der Waals surface area contributed by atoms with Crippen molar-refractivity contribution in [2.24, 2.45) is 0 Å². The molecule has 0 saturated heterocycles. The summed E-state index contributed by atoms with van der Waals surface area (Å²) in [5, 5.41) is 0. The third-order valence-electron chi connectivity index (χ3n) is 10.1. The Morgan fingerprint density at radius 1 is 0.350 bits per heavy atom. The van der Waals surface area contributed by atoms with Gasteiger partial charge in [-0.25, -0.2) is 0 Å². The van der Waals surface area contributed by atoms with Crippen molar-refractivity contribution in [1.29, 1.82) is 0 Å². The third kappa shape index (κ3) is 45.7. The summed E-state index contributed by atoms with van der Waals surface area (Å²) in [5.41, 5.74) is 0. The van der Waals surface area contributed by atoms with E-state index in [-0.39, 0.29) is 31.1 Å². The lowest BCUT2D eigenvalue weighted by Gasteiger charge is -2.18. The summed E-state index contributed by atoms with van der Waals surface area (Å²) < 4.78 is 16.7. The molecule has 1 atom stereocenters. The first-order valence-electron chi connectivity index (χ1n) is 24.6. The molecule has 0 aliphatic carbocycles. The molecule has 0 fully saturated rings. The zero-order chi connectivity index (χ0) is 43.7. The summed E-state index contributed by atoms with van der Waals surface area (Å²) >= 11 is 0. The quantitative estimate of drug-likeness (QED) is 0.0263. The highest BCUT2D eigenvalue weighted by atomic mass is 16.6. The van der Waals surface area contributed by atoms with E-state index in [0.29, 0.717) is 19.3 Å². The highest BCUT2D eigenvalue weighted by Crippen LogP contribution is 2.14. The Hall–Kier alpha value is -3.41. The largest absolute Gasteiger partial charge is 0.462 e.